The molecule has 1 aliphatic heterocycles. The molecule has 0 unspecified atom stereocenters. The molecule has 0 aliphatic carbocycles. The zero-order chi connectivity index (χ0) is 19.2. The Hall–Kier alpha value is -3.22. The van der Waals surface area contributed by atoms with Crippen molar-refractivity contribution >= 4 is 17.7 Å². The number of benzene rings is 2. The molecule has 1 N–H and O–H groups in total. The van der Waals surface area contributed by atoms with Crippen molar-refractivity contribution in [2.75, 3.05) is 32.7 Å². The standard InChI is InChI=1S/C20H22N2O5/c1-25-17-4-3-5-18(11-17)27-13-19(23)21-16-7-6-14-8-9-22(20(24)26-2)12-15(14)10-16/h3-7,10-11H,8-9,12-13H2,1-2H3,(H,21,23). The summed E-state index contributed by atoms with van der Waals surface area (Å²) in [5.41, 5.74) is 2.83. The number of amides is 2. The van der Waals surface area contributed by atoms with Gasteiger partial charge in [-0.25, -0.2) is 4.79 Å². The number of carbonyl (C=O) groups is 2. The maximum atomic E-state index is 12.2. The Morgan fingerprint density at radius 2 is 1.89 bits per heavy atom. The highest BCUT2D eigenvalue weighted by Gasteiger charge is 2.21. The Balaban J connectivity index is 1.59. The van der Waals surface area contributed by atoms with E-state index in [1.807, 2.05) is 18.2 Å². The average Bonchev–Trinajstić information content (AvgIpc) is 2.71. The molecule has 2 amide bonds. The molecule has 7 heteroatoms. The number of fused-ring (bicyclic) bond motifs is 1. The van der Waals surface area contributed by atoms with Gasteiger partial charge >= 0.3 is 6.09 Å². The minimum absolute atomic E-state index is 0.113. The van der Waals surface area contributed by atoms with Gasteiger partial charge in [0.05, 0.1) is 14.2 Å². The second-order valence-corrected chi connectivity index (χ2v) is 6.14. The molecule has 7 nitrogen and oxygen atoms in total. The lowest BCUT2D eigenvalue weighted by Gasteiger charge is -2.28. The average molecular weight is 370 g/mol. The Morgan fingerprint density at radius 1 is 1.07 bits per heavy atom. The molecule has 0 aromatic heterocycles. The number of anilines is 1. The van der Waals surface area contributed by atoms with Crippen molar-refractivity contribution in [2.45, 2.75) is 13.0 Å². The Bertz CT molecular complexity index is 837. The van der Waals surface area contributed by atoms with E-state index in [4.69, 9.17) is 14.2 Å². The molecule has 0 saturated carbocycles. The van der Waals surface area contributed by atoms with Crippen molar-refractivity contribution in [1.29, 1.82) is 0 Å². The van der Waals surface area contributed by atoms with E-state index < -0.39 is 0 Å². The fraction of sp³-hybridized carbons (Fsp3) is 0.300. The van der Waals surface area contributed by atoms with Gasteiger partial charge in [0, 0.05) is 24.8 Å². The summed E-state index contributed by atoms with van der Waals surface area (Å²) in [7, 11) is 2.94. The normalized spacial score (nSPS) is 12.7. The zero-order valence-electron chi connectivity index (χ0n) is 15.4. The molecule has 0 fully saturated rings. The minimum Gasteiger partial charge on any atom is -0.497 e. The van der Waals surface area contributed by atoms with Crippen LogP contribution in [-0.4, -0.2) is 44.3 Å². The molecule has 2 aromatic rings. The largest absolute Gasteiger partial charge is 0.497 e. The van der Waals surface area contributed by atoms with E-state index in [9.17, 15) is 9.59 Å². The predicted molar refractivity (Wildman–Crippen MR) is 100 cm³/mol. The SMILES string of the molecule is COC(=O)N1CCc2ccc(NC(=O)COc3cccc(OC)c3)cc2C1. The minimum atomic E-state index is -0.346. The van der Waals surface area contributed by atoms with Gasteiger partial charge in [-0.2, -0.15) is 0 Å². The second-order valence-electron chi connectivity index (χ2n) is 6.14. The molecule has 0 spiro atoms. The highest BCUT2D eigenvalue weighted by atomic mass is 16.5. The lowest BCUT2D eigenvalue weighted by atomic mass is 9.99. The summed E-state index contributed by atoms with van der Waals surface area (Å²) in [5.74, 6) is 0.958. The summed E-state index contributed by atoms with van der Waals surface area (Å²) < 4.78 is 15.4. The van der Waals surface area contributed by atoms with Crippen LogP contribution in [0.3, 0.4) is 0 Å². The van der Waals surface area contributed by atoms with E-state index in [0.717, 1.165) is 12.0 Å². The van der Waals surface area contributed by atoms with E-state index in [2.05, 4.69) is 5.32 Å². The first-order valence-electron chi connectivity index (χ1n) is 8.60. The number of ether oxygens (including phenoxy) is 3. The van der Waals surface area contributed by atoms with Crippen LogP contribution in [0.15, 0.2) is 42.5 Å². The predicted octanol–water partition coefficient (Wildman–Crippen LogP) is 2.84. The molecule has 1 aliphatic rings. The number of nitrogens with one attached hydrogen (secondary N) is 1. The zero-order valence-corrected chi connectivity index (χ0v) is 15.4. The van der Waals surface area contributed by atoms with Gasteiger partial charge in [0.15, 0.2) is 6.61 Å². The van der Waals surface area contributed by atoms with Crippen LogP contribution in [-0.2, 0) is 22.5 Å². The molecular weight excluding hydrogens is 348 g/mol. The Labute approximate surface area is 157 Å². The summed E-state index contributed by atoms with van der Waals surface area (Å²) in [5, 5.41) is 2.82. The number of nitrogens with zero attached hydrogens (tertiary/aromatic N) is 1. The summed E-state index contributed by atoms with van der Waals surface area (Å²) in [6.07, 6.45) is 0.416. The summed E-state index contributed by atoms with van der Waals surface area (Å²) in [4.78, 5) is 25.5. The van der Waals surface area contributed by atoms with Crippen LogP contribution in [0.25, 0.3) is 0 Å². The molecule has 0 radical (unpaired) electrons. The molecule has 2 aromatic carbocycles. The molecule has 142 valence electrons. The molecule has 3 rings (SSSR count). The summed E-state index contributed by atoms with van der Waals surface area (Å²) >= 11 is 0. The van der Waals surface area contributed by atoms with Crippen LogP contribution in [0.4, 0.5) is 10.5 Å². The van der Waals surface area contributed by atoms with Crippen LogP contribution in [0.2, 0.25) is 0 Å². The van der Waals surface area contributed by atoms with Gasteiger partial charge in [-0.1, -0.05) is 12.1 Å². The van der Waals surface area contributed by atoms with Gasteiger partial charge in [0.2, 0.25) is 0 Å². The van der Waals surface area contributed by atoms with E-state index in [-0.39, 0.29) is 18.6 Å². The molecular formula is C20H22N2O5. The number of rotatable bonds is 5. The highest BCUT2D eigenvalue weighted by molar-refractivity contribution is 5.92. The van der Waals surface area contributed by atoms with Crippen LogP contribution in [0, 0.1) is 0 Å². The lowest BCUT2D eigenvalue weighted by Crippen LogP contribution is -2.35. The molecule has 1 heterocycles. The van der Waals surface area contributed by atoms with Crippen molar-refractivity contribution in [3.05, 3.63) is 53.6 Å². The number of carbonyl (C=O) groups excluding carboxylic acids is 2. The third-order valence-corrected chi connectivity index (χ3v) is 4.35. The van der Waals surface area contributed by atoms with Crippen molar-refractivity contribution in [1.82, 2.24) is 4.90 Å². The molecule has 0 atom stereocenters. The van der Waals surface area contributed by atoms with Crippen molar-refractivity contribution in [3.63, 3.8) is 0 Å². The van der Waals surface area contributed by atoms with Gasteiger partial charge < -0.3 is 24.4 Å². The number of hydrogen-bond acceptors (Lipinski definition) is 5. The monoisotopic (exact) mass is 370 g/mol. The second kappa shape index (κ2) is 8.44. The van der Waals surface area contributed by atoms with E-state index in [1.165, 1.54) is 12.7 Å². The van der Waals surface area contributed by atoms with Crippen molar-refractivity contribution in [2.24, 2.45) is 0 Å². The smallest absolute Gasteiger partial charge is 0.409 e. The third-order valence-electron chi connectivity index (χ3n) is 4.35. The van der Waals surface area contributed by atoms with Gasteiger partial charge in [-0.3, -0.25) is 4.79 Å². The lowest BCUT2D eigenvalue weighted by molar-refractivity contribution is -0.118. The fourth-order valence-corrected chi connectivity index (χ4v) is 2.96. The molecule has 27 heavy (non-hydrogen) atoms. The maximum Gasteiger partial charge on any atom is 0.409 e. The number of hydrogen-bond donors (Lipinski definition) is 1. The maximum absolute atomic E-state index is 12.2. The van der Waals surface area contributed by atoms with Gasteiger partial charge in [0.25, 0.3) is 5.91 Å². The van der Waals surface area contributed by atoms with Crippen molar-refractivity contribution < 1.29 is 23.8 Å². The third kappa shape index (κ3) is 4.69. The van der Waals surface area contributed by atoms with Gasteiger partial charge in [0.1, 0.15) is 11.5 Å². The van der Waals surface area contributed by atoms with Crippen LogP contribution in [0.1, 0.15) is 11.1 Å². The van der Waals surface area contributed by atoms with Crippen LogP contribution < -0.4 is 14.8 Å². The number of methoxy groups -OCH3 is 2. The summed E-state index contributed by atoms with van der Waals surface area (Å²) in [6.45, 7) is 0.977. The Morgan fingerprint density at radius 3 is 2.67 bits per heavy atom. The highest BCUT2D eigenvalue weighted by Crippen LogP contribution is 2.23. The van der Waals surface area contributed by atoms with Crippen molar-refractivity contribution in [3.8, 4) is 11.5 Å². The van der Waals surface area contributed by atoms with E-state index in [0.29, 0.717) is 30.3 Å². The molecule has 0 bridgehead atoms. The quantitative estimate of drug-likeness (QED) is 0.876. The van der Waals surface area contributed by atoms with E-state index in [1.54, 1.807) is 36.3 Å². The van der Waals surface area contributed by atoms with Crippen LogP contribution in [0.5, 0.6) is 11.5 Å². The first kappa shape index (κ1) is 18.6. The van der Waals surface area contributed by atoms with Crippen LogP contribution >= 0.6 is 0 Å². The topological polar surface area (TPSA) is 77.1 Å². The first-order valence-corrected chi connectivity index (χ1v) is 8.60. The van der Waals surface area contributed by atoms with Gasteiger partial charge in [-0.15, -0.1) is 0 Å². The molecule has 0 saturated heterocycles. The first-order chi connectivity index (χ1) is 13.1. The van der Waals surface area contributed by atoms with Gasteiger partial charge in [-0.05, 0) is 41.8 Å². The Kier molecular flexibility index (Phi) is 5.80. The van der Waals surface area contributed by atoms with E-state index >= 15 is 0 Å². The summed E-state index contributed by atoms with van der Waals surface area (Å²) in [6, 6.07) is 12.8. The fourth-order valence-electron chi connectivity index (χ4n) is 2.96.